The van der Waals surface area contributed by atoms with Gasteiger partial charge in [-0.3, -0.25) is 4.79 Å². The Balaban J connectivity index is 0.000000317. The third-order valence-electron chi connectivity index (χ3n) is 2.05. The zero-order valence-corrected chi connectivity index (χ0v) is 10.3. The van der Waals surface area contributed by atoms with Crippen LogP contribution in [0.3, 0.4) is 0 Å². The maximum absolute atomic E-state index is 8.95. The molecular formula is C10H14ClN3O3. The fourth-order valence-corrected chi connectivity index (χ4v) is 1.43. The Bertz CT molecular complexity index is 345. The van der Waals surface area contributed by atoms with E-state index in [4.69, 9.17) is 21.1 Å². The number of anilines is 1. The van der Waals surface area contributed by atoms with Gasteiger partial charge < -0.3 is 14.4 Å². The molecule has 7 heteroatoms. The SMILES string of the molecule is COC=O.Clc1cc(N2CCOCC2)ncn1. The van der Waals surface area contributed by atoms with E-state index in [2.05, 4.69) is 19.6 Å². The Morgan fingerprint density at radius 3 is 2.65 bits per heavy atom. The van der Waals surface area contributed by atoms with Crippen molar-refractivity contribution in [2.24, 2.45) is 0 Å². The van der Waals surface area contributed by atoms with Crippen LogP contribution in [0.15, 0.2) is 12.4 Å². The van der Waals surface area contributed by atoms with E-state index < -0.39 is 0 Å². The summed E-state index contributed by atoms with van der Waals surface area (Å²) < 4.78 is 9.09. The third kappa shape index (κ3) is 4.97. The lowest BCUT2D eigenvalue weighted by atomic mass is 10.4. The standard InChI is InChI=1S/C8H10ClN3O.C2H4O2/c9-7-5-8(11-6-10-7)12-1-3-13-4-2-12;1-4-2-3/h5-6H,1-4H2;2H,1H3. The second kappa shape index (κ2) is 7.81. The number of methoxy groups -OCH3 is 1. The molecule has 0 radical (unpaired) electrons. The fraction of sp³-hybridized carbons (Fsp3) is 0.500. The largest absolute Gasteiger partial charge is 0.471 e. The van der Waals surface area contributed by atoms with Crippen LogP contribution < -0.4 is 4.90 Å². The highest BCUT2D eigenvalue weighted by Crippen LogP contribution is 2.14. The first-order valence-corrected chi connectivity index (χ1v) is 5.42. The van der Waals surface area contributed by atoms with Crippen molar-refractivity contribution in [1.29, 1.82) is 0 Å². The van der Waals surface area contributed by atoms with Crippen molar-refractivity contribution in [1.82, 2.24) is 9.97 Å². The van der Waals surface area contributed by atoms with Crippen LogP contribution in [0.25, 0.3) is 0 Å². The molecule has 0 spiro atoms. The van der Waals surface area contributed by atoms with Crippen LogP contribution >= 0.6 is 11.6 Å². The zero-order chi connectivity index (χ0) is 12.5. The molecule has 1 aromatic heterocycles. The topological polar surface area (TPSA) is 64.5 Å². The number of hydrogen-bond donors (Lipinski definition) is 0. The Morgan fingerprint density at radius 1 is 1.47 bits per heavy atom. The van der Waals surface area contributed by atoms with E-state index >= 15 is 0 Å². The van der Waals surface area contributed by atoms with Crippen LogP contribution in [0.5, 0.6) is 0 Å². The number of carbonyl (C=O) groups is 1. The number of aromatic nitrogens is 2. The molecule has 1 saturated heterocycles. The fourth-order valence-electron chi connectivity index (χ4n) is 1.29. The molecular weight excluding hydrogens is 246 g/mol. The minimum Gasteiger partial charge on any atom is -0.471 e. The van der Waals surface area contributed by atoms with Gasteiger partial charge in [0, 0.05) is 19.2 Å². The molecule has 1 aliphatic rings. The van der Waals surface area contributed by atoms with Gasteiger partial charge in [0.1, 0.15) is 17.3 Å². The molecule has 1 aliphatic heterocycles. The lowest BCUT2D eigenvalue weighted by molar-refractivity contribution is -0.126. The Kier molecular flexibility index (Phi) is 6.27. The highest BCUT2D eigenvalue weighted by Gasteiger charge is 2.12. The van der Waals surface area contributed by atoms with Crippen LogP contribution in [0.4, 0.5) is 5.82 Å². The number of halogens is 1. The summed E-state index contributed by atoms with van der Waals surface area (Å²) in [6.07, 6.45) is 1.48. The Labute approximate surface area is 105 Å². The molecule has 0 aliphatic carbocycles. The number of morpholine rings is 1. The second-order valence-electron chi connectivity index (χ2n) is 3.13. The molecule has 0 unspecified atom stereocenters. The van der Waals surface area contributed by atoms with Gasteiger partial charge in [-0.2, -0.15) is 0 Å². The number of nitrogens with zero attached hydrogens (tertiary/aromatic N) is 3. The molecule has 1 fully saturated rings. The van der Waals surface area contributed by atoms with Crippen molar-refractivity contribution in [3.05, 3.63) is 17.5 Å². The van der Waals surface area contributed by atoms with Gasteiger partial charge in [0.2, 0.25) is 0 Å². The van der Waals surface area contributed by atoms with Crippen LogP contribution in [0.2, 0.25) is 5.15 Å². The predicted molar refractivity (Wildman–Crippen MR) is 63.1 cm³/mol. The van der Waals surface area contributed by atoms with Gasteiger partial charge in [-0.25, -0.2) is 9.97 Å². The van der Waals surface area contributed by atoms with Crippen molar-refractivity contribution in [2.45, 2.75) is 0 Å². The van der Waals surface area contributed by atoms with Crippen LogP contribution in [0.1, 0.15) is 0 Å². The van der Waals surface area contributed by atoms with Gasteiger partial charge in [-0.15, -0.1) is 0 Å². The van der Waals surface area contributed by atoms with Gasteiger partial charge in [0.15, 0.2) is 0 Å². The summed E-state index contributed by atoms with van der Waals surface area (Å²) in [5.74, 6) is 0.878. The third-order valence-corrected chi connectivity index (χ3v) is 2.26. The predicted octanol–water partition coefficient (Wildman–Crippen LogP) is 0.756. The molecule has 0 amide bonds. The van der Waals surface area contributed by atoms with Crippen LogP contribution in [0, 0.1) is 0 Å². The van der Waals surface area contributed by atoms with Crippen molar-refractivity contribution in [3.8, 4) is 0 Å². The zero-order valence-electron chi connectivity index (χ0n) is 9.50. The number of carbonyl (C=O) groups excluding carboxylic acids is 1. The average molecular weight is 260 g/mol. The van der Waals surface area contributed by atoms with Gasteiger partial charge in [-0.05, 0) is 0 Å². The van der Waals surface area contributed by atoms with Crippen LogP contribution in [-0.2, 0) is 14.3 Å². The highest BCUT2D eigenvalue weighted by atomic mass is 35.5. The molecule has 0 saturated carbocycles. The maximum atomic E-state index is 8.95. The van der Waals surface area contributed by atoms with Gasteiger partial charge in [0.25, 0.3) is 6.47 Å². The van der Waals surface area contributed by atoms with E-state index in [1.807, 2.05) is 0 Å². The van der Waals surface area contributed by atoms with E-state index in [-0.39, 0.29) is 0 Å². The van der Waals surface area contributed by atoms with E-state index in [0.29, 0.717) is 11.6 Å². The molecule has 2 rings (SSSR count). The summed E-state index contributed by atoms with van der Waals surface area (Å²) in [7, 11) is 1.31. The maximum Gasteiger partial charge on any atom is 0.292 e. The van der Waals surface area contributed by atoms with Gasteiger partial charge in [-0.1, -0.05) is 11.6 Å². The van der Waals surface area contributed by atoms with Gasteiger partial charge in [0.05, 0.1) is 20.3 Å². The van der Waals surface area contributed by atoms with Crippen molar-refractivity contribution in [2.75, 3.05) is 38.3 Å². The molecule has 94 valence electrons. The van der Waals surface area contributed by atoms with Gasteiger partial charge >= 0.3 is 0 Å². The first-order valence-electron chi connectivity index (χ1n) is 5.04. The van der Waals surface area contributed by atoms with E-state index in [1.165, 1.54) is 13.4 Å². The first-order chi connectivity index (χ1) is 8.27. The number of rotatable bonds is 2. The molecule has 2 heterocycles. The summed E-state index contributed by atoms with van der Waals surface area (Å²) in [6.45, 7) is 3.62. The van der Waals surface area contributed by atoms with Crippen molar-refractivity contribution in [3.63, 3.8) is 0 Å². The van der Waals surface area contributed by atoms with E-state index in [1.54, 1.807) is 6.07 Å². The van der Waals surface area contributed by atoms with Crippen LogP contribution in [-0.4, -0.2) is 49.9 Å². The summed E-state index contributed by atoms with van der Waals surface area (Å²) in [5.41, 5.74) is 0. The minimum absolute atomic E-state index is 0.375. The molecule has 17 heavy (non-hydrogen) atoms. The monoisotopic (exact) mass is 259 g/mol. The molecule has 0 atom stereocenters. The average Bonchev–Trinajstić information content (AvgIpc) is 2.40. The number of ether oxygens (including phenoxy) is 2. The molecule has 0 N–H and O–H groups in total. The quantitative estimate of drug-likeness (QED) is 0.577. The van der Waals surface area contributed by atoms with E-state index in [9.17, 15) is 0 Å². The van der Waals surface area contributed by atoms with Crippen molar-refractivity contribution >= 4 is 23.9 Å². The molecule has 0 bridgehead atoms. The lowest BCUT2D eigenvalue weighted by Gasteiger charge is -2.27. The number of hydrogen-bond acceptors (Lipinski definition) is 6. The second-order valence-corrected chi connectivity index (χ2v) is 3.52. The highest BCUT2D eigenvalue weighted by molar-refractivity contribution is 6.29. The first kappa shape index (κ1) is 13.7. The van der Waals surface area contributed by atoms with Crippen molar-refractivity contribution < 1.29 is 14.3 Å². The minimum atomic E-state index is 0.375. The molecule has 6 nitrogen and oxygen atoms in total. The molecule has 0 aromatic carbocycles. The summed E-state index contributed by atoms with van der Waals surface area (Å²) >= 11 is 5.76. The summed E-state index contributed by atoms with van der Waals surface area (Å²) in [4.78, 5) is 19.1. The summed E-state index contributed by atoms with van der Waals surface area (Å²) in [6, 6.07) is 1.77. The summed E-state index contributed by atoms with van der Waals surface area (Å²) in [5, 5.41) is 0.483. The smallest absolute Gasteiger partial charge is 0.292 e. The Morgan fingerprint density at radius 2 is 2.12 bits per heavy atom. The lowest BCUT2D eigenvalue weighted by Crippen LogP contribution is -2.36. The van der Waals surface area contributed by atoms with E-state index in [0.717, 1.165) is 32.1 Å². The normalized spacial score (nSPS) is 14.6. The Hall–Kier alpha value is -1.40. The molecule has 1 aromatic rings.